The zero-order valence-corrected chi connectivity index (χ0v) is 12.1. The first-order chi connectivity index (χ1) is 9.88. The fraction of sp³-hybridized carbons (Fsp3) is 0.438. The molecule has 0 fully saturated rings. The van der Waals surface area contributed by atoms with Crippen LogP contribution in [0.5, 0.6) is 5.75 Å². The summed E-state index contributed by atoms with van der Waals surface area (Å²) in [5.41, 5.74) is 1.27. The molecule has 1 aromatic heterocycles. The summed E-state index contributed by atoms with van der Waals surface area (Å²) in [5, 5.41) is 7.58. The molecule has 0 saturated heterocycles. The van der Waals surface area contributed by atoms with Crippen molar-refractivity contribution < 1.29 is 4.74 Å². The van der Waals surface area contributed by atoms with Gasteiger partial charge in [0.2, 0.25) is 0 Å². The Morgan fingerprint density at radius 3 is 2.80 bits per heavy atom. The average molecular weight is 273 g/mol. The smallest absolute Gasteiger partial charge is 0.119 e. The maximum atomic E-state index is 5.64. The van der Waals surface area contributed by atoms with Crippen molar-refractivity contribution in [3.8, 4) is 5.75 Å². The normalized spacial score (nSPS) is 10.7. The molecule has 0 amide bonds. The quantitative estimate of drug-likeness (QED) is 0.714. The molecule has 0 spiro atoms. The van der Waals surface area contributed by atoms with Crippen LogP contribution in [0.15, 0.2) is 42.7 Å². The number of hydrogen-bond acceptors (Lipinski definition) is 3. The van der Waals surface area contributed by atoms with E-state index in [-0.39, 0.29) is 0 Å². The van der Waals surface area contributed by atoms with Crippen molar-refractivity contribution in [3.63, 3.8) is 0 Å². The Morgan fingerprint density at radius 2 is 2.10 bits per heavy atom. The van der Waals surface area contributed by atoms with Gasteiger partial charge in [0.25, 0.3) is 0 Å². The molecule has 0 aliphatic heterocycles. The van der Waals surface area contributed by atoms with Crippen LogP contribution in [0.4, 0.5) is 0 Å². The minimum Gasteiger partial charge on any atom is -0.494 e. The topological polar surface area (TPSA) is 39.1 Å². The second kappa shape index (κ2) is 8.38. The highest BCUT2D eigenvalue weighted by Gasteiger charge is 1.96. The molecule has 0 aliphatic rings. The largest absolute Gasteiger partial charge is 0.494 e. The Labute approximate surface area is 120 Å². The lowest BCUT2D eigenvalue weighted by atomic mass is 10.2. The summed E-state index contributed by atoms with van der Waals surface area (Å²) in [4.78, 5) is 0. The van der Waals surface area contributed by atoms with Crippen LogP contribution in [0, 0.1) is 0 Å². The van der Waals surface area contributed by atoms with Gasteiger partial charge < -0.3 is 10.1 Å². The molecule has 1 aromatic carbocycles. The first-order valence-corrected chi connectivity index (χ1v) is 7.28. The van der Waals surface area contributed by atoms with E-state index in [2.05, 4.69) is 29.5 Å². The maximum absolute atomic E-state index is 5.64. The van der Waals surface area contributed by atoms with E-state index in [0.29, 0.717) is 0 Å². The van der Waals surface area contributed by atoms with Gasteiger partial charge in [0.05, 0.1) is 13.2 Å². The fourth-order valence-corrected chi connectivity index (χ4v) is 1.90. The monoisotopic (exact) mass is 273 g/mol. The second-order valence-corrected chi connectivity index (χ2v) is 4.79. The van der Waals surface area contributed by atoms with E-state index >= 15 is 0 Å². The predicted octanol–water partition coefficient (Wildman–Crippen LogP) is 2.85. The summed E-state index contributed by atoms with van der Waals surface area (Å²) in [5.74, 6) is 0.957. The summed E-state index contributed by atoms with van der Waals surface area (Å²) in [6, 6.07) is 10.3. The minimum absolute atomic E-state index is 0.804. The highest BCUT2D eigenvalue weighted by atomic mass is 16.5. The van der Waals surface area contributed by atoms with E-state index in [0.717, 1.165) is 44.8 Å². The van der Waals surface area contributed by atoms with E-state index in [1.165, 1.54) is 5.56 Å². The van der Waals surface area contributed by atoms with Gasteiger partial charge in [-0.2, -0.15) is 5.10 Å². The van der Waals surface area contributed by atoms with Gasteiger partial charge in [-0.3, -0.25) is 4.68 Å². The zero-order valence-electron chi connectivity index (χ0n) is 12.1. The maximum Gasteiger partial charge on any atom is 0.119 e. The number of ether oxygens (including phenoxy) is 1. The SMILES string of the molecule is CCCCOc1ccc(CNCCn2cccn2)cc1. The molecule has 0 aliphatic carbocycles. The first-order valence-electron chi connectivity index (χ1n) is 7.28. The third-order valence-corrected chi connectivity index (χ3v) is 3.10. The van der Waals surface area contributed by atoms with Crippen molar-refractivity contribution in [2.75, 3.05) is 13.2 Å². The summed E-state index contributed by atoms with van der Waals surface area (Å²) in [6.07, 6.45) is 6.05. The van der Waals surface area contributed by atoms with Crippen molar-refractivity contribution in [2.24, 2.45) is 0 Å². The average Bonchev–Trinajstić information content (AvgIpc) is 2.99. The molecule has 0 radical (unpaired) electrons. The molecule has 4 heteroatoms. The molecule has 20 heavy (non-hydrogen) atoms. The van der Waals surface area contributed by atoms with Gasteiger partial charge in [-0.05, 0) is 30.2 Å². The Balaban J connectivity index is 1.65. The van der Waals surface area contributed by atoms with Gasteiger partial charge in [-0.1, -0.05) is 25.5 Å². The third kappa shape index (κ3) is 5.05. The van der Waals surface area contributed by atoms with Crippen LogP contribution in [-0.2, 0) is 13.1 Å². The predicted molar refractivity (Wildman–Crippen MR) is 80.8 cm³/mol. The van der Waals surface area contributed by atoms with Crippen molar-refractivity contribution >= 4 is 0 Å². The van der Waals surface area contributed by atoms with E-state index in [9.17, 15) is 0 Å². The number of nitrogens with zero attached hydrogens (tertiary/aromatic N) is 2. The van der Waals surface area contributed by atoms with Gasteiger partial charge in [-0.25, -0.2) is 0 Å². The fourth-order valence-electron chi connectivity index (χ4n) is 1.90. The van der Waals surface area contributed by atoms with Crippen LogP contribution < -0.4 is 10.1 Å². The highest BCUT2D eigenvalue weighted by molar-refractivity contribution is 5.27. The molecule has 0 bridgehead atoms. The number of hydrogen-bond donors (Lipinski definition) is 1. The molecule has 1 heterocycles. The van der Waals surface area contributed by atoms with E-state index < -0.39 is 0 Å². The Bertz CT molecular complexity index is 465. The van der Waals surface area contributed by atoms with Gasteiger partial charge in [0.15, 0.2) is 0 Å². The minimum atomic E-state index is 0.804. The van der Waals surface area contributed by atoms with Gasteiger partial charge in [0.1, 0.15) is 5.75 Å². The second-order valence-electron chi connectivity index (χ2n) is 4.79. The molecule has 0 saturated carbocycles. The summed E-state index contributed by atoms with van der Waals surface area (Å²) in [6.45, 7) is 5.65. The first kappa shape index (κ1) is 14.6. The molecule has 2 rings (SSSR count). The van der Waals surface area contributed by atoms with Crippen LogP contribution in [-0.4, -0.2) is 22.9 Å². The molecular weight excluding hydrogens is 250 g/mol. The number of benzene rings is 1. The Morgan fingerprint density at radius 1 is 1.25 bits per heavy atom. The van der Waals surface area contributed by atoms with Crippen molar-refractivity contribution in [2.45, 2.75) is 32.9 Å². The van der Waals surface area contributed by atoms with Crippen molar-refractivity contribution in [1.29, 1.82) is 0 Å². The highest BCUT2D eigenvalue weighted by Crippen LogP contribution is 2.12. The summed E-state index contributed by atoms with van der Waals surface area (Å²) < 4.78 is 7.57. The molecule has 108 valence electrons. The van der Waals surface area contributed by atoms with Gasteiger partial charge in [0, 0.05) is 25.5 Å². The lowest BCUT2D eigenvalue weighted by Crippen LogP contribution is -2.19. The number of nitrogens with one attached hydrogen (secondary N) is 1. The lowest BCUT2D eigenvalue weighted by molar-refractivity contribution is 0.309. The number of rotatable bonds is 9. The third-order valence-electron chi connectivity index (χ3n) is 3.10. The molecule has 2 aromatic rings. The molecule has 0 unspecified atom stereocenters. The summed E-state index contributed by atoms with van der Waals surface area (Å²) in [7, 11) is 0. The van der Waals surface area contributed by atoms with Crippen LogP contribution in [0.2, 0.25) is 0 Å². The number of aromatic nitrogens is 2. The van der Waals surface area contributed by atoms with Crippen LogP contribution in [0.25, 0.3) is 0 Å². The number of unbranched alkanes of at least 4 members (excludes halogenated alkanes) is 1. The molecule has 1 N–H and O–H groups in total. The van der Waals surface area contributed by atoms with Gasteiger partial charge in [-0.15, -0.1) is 0 Å². The standard InChI is InChI=1S/C16H23N3O/c1-2-3-13-20-16-7-5-15(6-8-16)14-17-10-12-19-11-4-9-18-19/h4-9,11,17H,2-3,10,12-14H2,1H3. The summed E-state index contributed by atoms with van der Waals surface area (Å²) >= 11 is 0. The van der Waals surface area contributed by atoms with E-state index in [1.54, 1.807) is 6.20 Å². The lowest BCUT2D eigenvalue weighted by Gasteiger charge is -2.08. The van der Waals surface area contributed by atoms with E-state index in [1.807, 2.05) is 29.1 Å². The van der Waals surface area contributed by atoms with Gasteiger partial charge >= 0.3 is 0 Å². The van der Waals surface area contributed by atoms with Crippen molar-refractivity contribution in [3.05, 3.63) is 48.3 Å². The Hall–Kier alpha value is -1.81. The Kier molecular flexibility index (Phi) is 6.11. The van der Waals surface area contributed by atoms with Crippen LogP contribution in [0.3, 0.4) is 0 Å². The van der Waals surface area contributed by atoms with Crippen LogP contribution in [0.1, 0.15) is 25.3 Å². The molecular formula is C16H23N3O. The molecule has 4 nitrogen and oxygen atoms in total. The van der Waals surface area contributed by atoms with Crippen LogP contribution >= 0.6 is 0 Å². The van der Waals surface area contributed by atoms with E-state index in [4.69, 9.17) is 4.74 Å². The van der Waals surface area contributed by atoms with Crippen molar-refractivity contribution in [1.82, 2.24) is 15.1 Å². The molecule has 0 atom stereocenters. The zero-order chi connectivity index (χ0) is 14.0.